The molecule has 4 nitrogen and oxygen atoms in total. The van der Waals surface area contributed by atoms with E-state index in [9.17, 15) is 8.42 Å². The Labute approximate surface area is 147 Å². The van der Waals surface area contributed by atoms with Crippen LogP contribution >= 0.6 is 39.1 Å². The van der Waals surface area contributed by atoms with E-state index in [2.05, 4.69) is 15.9 Å². The zero-order chi connectivity index (χ0) is 15.9. The zero-order valence-corrected chi connectivity index (χ0v) is 15.2. The summed E-state index contributed by atoms with van der Waals surface area (Å²) in [6.45, 7) is 0.169. The molecule has 0 atom stereocenters. The molecule has 1 aromatic heterocycles. The van der Waals surface area contributed by atoms with Crippen LogP contribution in [0.5, 0.6) is 0 Å². The van der Waals surface area contributed by atoms with Crippen LogP contribution in [-0.4, -0.2) is 18.8 Å². The minimum absolute atomic E-state index is 0.0362. The predicted octanol–water partition coefficient (Wildman–Crippen LogP) is 4.70. The fraction of sp³-hybridized carbons (Fsp3) is 0.286. The lowest BCUT2D eigenvalue weighted by molar-refractivity contribution is 0.356. The van der Waals surface area contributed by atoms with Gasteiger partial charge in [0.1, 0.15) is 10.7 Å². The maximum atomic E-state index is 13.0. The van der Waals surface area contributed by atoms with Gasteiger partial charge in [0, 0.05) is 10.5 Å². The molecule has 1 fully saturated rings. The van der Waals surface area contributed by atoms with Gasteiger partial charge < -0.3 is 4.42 Å². The number of hydrogen-bond donors (Lipinski definition) is 0. The number of rotatable bonds is 5. The van der Waals surface area contributed by atoms with Gasteiger partial charge >= 0.3 is 0 Å². The molecule has 0 radical (unpaired) electrons. The largest absolute Gasteiger partial charge is 0.468 e. The molecule has 8 heteroatoms. The highest BCUT2D eigenvalue weighted by Crippen LogP contribution is 2.39. The van der Waals surface area contributed by atoms with E-state index in [0.717, 1.165) is 12.8 Å². The van der Waals surface area contributed by atoms with Crippen molar-refractivity contribution in [3.8, 4) is 0 Å². The van der Waals surface area contributed by atoms with E-state index >= 15 is 0 Å². The topological polar surface area (TPSA) is 50.5 Å². The number of furan rings is 1. The number of benzene rings is 1. The minimum Gasteiger partial charge on any atom is -0.468 e. The molecule has 0 spiro atoms. The normalized spacial score (nSPS) is 15.5. The van der Waals surface area contributed by atoms with Crippen molar-refractivity contribution in [3.63, 3.8) is 0 Å². The fourth-order valence-electron chi connectivity index (χ4n) is 2.22. The van der Waals surface area contributed by atoms with Gasteiger partial charge in [-0.3, -0.25) is 0 Å². The molecule has 1 aromatic carbocycles. The van der Waals surface area contributed by atoms with E-state index in [4.69, 9.17) is 27.6 Å². The Balaban J connectivity index is 2.03. The summed E-state index contributed by atoms with van der Waals surface area (Å²) in [5, 5.41) is 0.203. The monoisotopic (exact) mass is 423 g/mol. The van der Waals surface area contributed by atoms with Crippen LogP contribution in [0.25, 0.3) is 0 Å². The van der Waals surface area contributed by atoms with E-state index in [-0.39, 0.29) is 27.5 Å². The molecule has 118 valence electrons. The molecule has 0 N–H and O–H groups in total. The smallest absolute Gasteiger partial charge is 0.246 e. The van der Waals surface area contributed by atoms with Crippen molar-refractivity contribution in [2.75, 3.05) is 0 Å². The van der Waals surface area contributed by atoms with Crippen molar-refractivity contribution in [2.45, 2.75) is 30.3 Å². The molecular weight excluding hydrogens is 413 g/mol. The fourth-order valence-corrected chi connectivity index (χ4v) is 5.76. The maximum Gasteiger partial charge on any atom is 0.246 e. The summed E-state index contributed by atoms with van der Waals surface area (Å²) in [4.78, 5) is -0.0579. The maximum absolute atomic E-state index is 13.0. The summed E-state index contributed by atoms with van der Waals surface area (Å²) in [6, 6.07) is 6.49. The Kier molecular flexibility index (Phi) is 4.58. The Morgan fingerprint density at radius 1 is 1.27 bits per heavy atom. The molecular formula is C14H12BrCl2NO3S. The van der Waals surface area contributed by atoms with Crippen LogP contribution in [0.2, 0.25) is 10.0 Å². The van der Waals surface area contributed by atoms with Crippen molar-refractivity contribution in [1.82, 2.24) is 4.31 Å². The summed E-state index contributed by atoms with van der Waals surface area (Å²) < 4.78 is 33.3. The molecule has 22 heavy (non-hydrogen) atoms. The molecule has 1 saturated carbocycles. The summed E-state index contributed by atoms with van der Waals surface area (Å²) in [6.07, 6.45) is 3.17. The first kappa shape index (κ1) is 16.3. The van der Waals surface area contributed by atoms with Gasteiger partial charge in [0.15, 0.2) is 0 Å². The second-order valence-electron chi connectivity index (χ2n) is 5.06. The Bertz CT molecular complexity index is 765. The first-order valence-corrected chi connectivity index (χ1v) is 9.57. The van der Waals surface area contributed by atoms with E-state index in [0.29, 0.717) is 10.2 Å². The molecule has 1 heterocycles. The zero-order valence-electron chi connectivity index (χ0n) is 11.3. The average Bonchev–Trinajstić information content (AvgIpc) is 3.10. The molecule has 2 aromatic rings. The summed E-state index contributed by atoms with van der Waals surface area (Å²) in [7, 11) is -3.80. The van der Waals surface area contributed by atoms with Crippen LogP contribution in [0.4, 0.5) is 0 Å². The summed E-state index contributed by atoms with van der Waals surface area (Å²) in [5.41, 5.74) is 0. The van der Waals surface area contributed by atoms with E-state index in [1.54, 1.807) is 12.1 Å². The molecule has 3 rings (SSSR count). The standard InChI is InChI=1S/C14H12BrCl2NO3S/c15-9-6-12(16)14(13(17)7-9)22(19,20)18(10-3-4-10)8-11-2-1-5-21-11/h1-2,5-7,10H,3-4,8H2. The SMILES string of the molecule is O=S(=O)(c1c(Cl)cc(Br)cc1Cl)N(Cc1ccco1)C1CC1. The van der Waals surface area contributed by atoms with Crippen molar-refractivity contribution in [3.05, 3.63) is 50.8 Å². The highest BCUT2D eigenvalue weighted by molar-refractivity contribution is 9.10. The molecule has 0 unspecified atom stereocenters. The lowest BCUT2D eigenvalue weighted by Gasteiger charge is -2.22. The summed E-state index contributed by atoms with van der Waals surface area (Å²) >= 11 is 15.5. The van der Waals surface area contributed by atoms with E-state index in [1.165, 1.54) is 22.7 Å². The highest BCUT2D eigenvalue weighted by Gasteiger charge is 2.40. The third-order valence-corrected chi connectivity index (χ3v) is 6.65. The Morgan fingerprint density at radius 2 is 1.91 bits per heavy atom. The van der Waals surface area contributed by atoms with Crippen LogP contribution in [0, 0.1) is 0 Å². The van der Waals surface area contributed by atoms with Crippen LogP contribution in [0.1, 0.15) is 18.6 Å². The molecule has 1 aliphatic rings. The van der Waals surface area contributed by atoms with Crippen LogP contribution in [0.15, 0.2) is 44.3 Å². The van der Waals surface area contributed by atoms with Crippen LogP contribution in [0.3, 0.4) is 0 Å². The number of nitrogens with zero attached hydrogens (tertiary/aromatic N) is 1. The molecule has 0 amide bonds. The van der Waals surface area contributed by atoms with E-state index < -0.39 is 10.0 Å². The van der Waals surface area contributed by atoms with Gasteiger partial charge in [0.25, 0.3) is 0 Å². The van der Waals surface area contributed by atoms with Gasteiger partial charge in [0.2, 0.25) is 10.0 Å². The highest BCUT2D eigenvalue weighted by atomic mass is 79.9. The van der Waals surface area contributed by atoms with Gasteiger partial charge in [-0.25, -0.2) is 8.42 Å². The van der Waals surface area contributed by atoms with Gasteiger partial charge in [-0.05, 0) is 37.1 Å². The average molecular weight is 425 g/mol. The molecule has 0 bridgehead atoms. The molecule has 0 saturated heterocycles. The quantitative estimate of drug-likeness (QED) is 0.698. The minimum atomic E-state index is -3.80. The summed E-state index contributed by atoms with van der Waals surface area (Å²) in [5.74, 6) is 0.583. The van der Waals surface area contributed by atoms with Gasteiger partial charge in [-0.1, -0.05) is 39.1 Å². The van der Waals surface area contributed by atoms with Gasteiger partial charge in [-0.15, -0.1) is 0 Å². The lowest BCUT2D eigenvalue weighted by atomic mass is 10.4. The Hall–Kier alpha value is -0.530. The second kappa shape index (κ2) is 6.17. The second-order valence-corrected chi connectivity index (χ2v) is 8.62. The number of hydrogen-bond acceptors (Lipinski definition) is 3. The predicted molar refractivity (Wildman–Crippen MR) is 88.6 cm³/mol. The van der Waals surface area contributed by atoms with Gasteiger partial charge in [0.05, 0.1) is 22.9 Å². The van der Waals surface area contributed by atoms with Crippen LogP contribution in [-0.2, 0) is 16.6 Å². The third kappa shape index (κ3) is 3.21. The van der Waals surface area contributed by atoms with Crippen molar-refractivity contribution < 1.29 is 12.8 Å². The first-order chi connectivity index (χ1) is 10.4. The first-order valence-electron chi connectivity index (χ1n) is 6.58. The lowest BCUT2D eigenvalue weighted by Crippen LogP contribution is -2.33. The van der Waals surface area contributed by atoms with Crippen molar-refractivity contribution >= 4 is 49.2 Å². The molecule has 0 aliphatic heterocycles. The third-order valence-electron chi connectivity index (χ3n) is 3.38. The van der Waals surface area contributed by atoms with Gasteiger partial charge in [-0.2, -0.15) is 4.31 Å². The van der Waals surface area contributed by atoms with Crippen LogP contribution < -0.4 is 0 Å². The van der Waals surface area contributed by atoms with Crippen molar-refractivity contribution in [2.24, 2.45) is 0 Å². The van der Waals surface area contributed by atoms with Crippen molar-refractivity contribution in [1.29, 1.82) is 0 Å². The molecule has 1 aliphatic carbocycles. The van der Waals surface area contributed by atoms with E-state index in [1.807, 2.05) is 0 Å². The Morgan fingerprint density at radius 3 is 2.41 bits per heavy atom. The number of halogens is 3. The number of sulfonamides is 1.